The lowest BCUT2D eigenvalue weighted by Crippen LogP contribution is -3.00. The van der Waals surface area contributed by atoms with Crippen LogP contribution in [0.3, 0.4) is 0 Å². The van der Waals surface area contributed by atoms with Gasteiger partial charge in [0, 0.05) is 5.88 Å². The Morgan fingerprint density at radius 2 is 0.833 bits per heavy atom. The third-order valence-corrected chi connectivity index (χ3v) is 11.5. The van der Waals surface area contributed by atoms with Gasteiger partial charge in [0.25, 0.3) is 0 Å². The molecule has 3 heteroatoms. The Bertz CT molecular complexity index is 845. The molecule has 0 saturated heterocycles. The molecule has 0 radical (unpaired) electrons. The lowest BCUT2D eigenvalue weighted by atomic mass is 10.1. The van der Waals surface area contributed by atoms with Gasteiger partial charge in [-0.2, -0.15) is 0 Å². The minimum absolute atomic E-state index is 0. The van der Waals surface area contributed by atoms with Crippen LogP contribution in [0.4, 0.5) is 0 Å². The van der Waals surface area contributed by atoms with Crippen molar-refractivity contribution in [3.8, 4) is 0 Å². The van der Waals surface area contributed by atoms with E-state index in [0.717, 1.165) is 12.0 Å². The highest BCUT2D eigenvalue weighted by Gasteiger charge is 2.43. The van der Waals surface area contributed by atoms with E-state index in [1.54, 1.807) is 0 Å². The molecule has 36 heavy (non-hydrogen) atoms. The number of rotatable bonds is 17. The largest absolute Gasteiger partial charge is 1.00 e. The lowest BCUT2D eigenvalue weighted by molar-refractivity contribution is -0.00000698. The molecule has 0 aromatic heterocycles. The quantitative estimate of drug-likeness (QED) is 0.0843. The highest BCUT2D eigenvalue weighted by Crippen LogP contribution is 2.55. The fourth-order valence-corrected chi connectivity index (χ4v) is 9.16. The minimum atomic E-state index is -1.73. The first kappa shape index (κ1) is 30.6. The number of hydrogen-bond donors (Lipinski definition) is 0. The third-order valence-electron chi connectivity index (χ3n) is 6.89. The molecule has 0 aliphatic rings. The zero-order chi connectivity index (χ0) is 24.4. The Hall–Kier alpha value is -1.59. The fraction of sp³-hybridized carbons (Fsp3) is 0.394. The molecule has 0 unspecified atom stereocenters. The Balaban J connectivity index is 0.00000456. The van der Waals surface area contributed by atoms with Gasteiger partial charge in [-0.05, 0) is 55.7 Å². The number of allylic oxidation sites excluding steroid dienone is 2. The molecule has 0 atom stereocenters. The van der Waals surface area contributed by atoms with Crippen molar-refractivity contribution in [2.75, 3.05) is 12.0 Å². The van der Waals surface area contributed by atoms with Crippen molar-refractivity contribution in [3.63, 3.8) is 0 Å². The van der Waals surface area contributed by atoms with Crippen LogP contribution in [-0.4, -0.2) is 12.0 Å². The maximum atomic E-state index is 5.75. The molecule has 0 N–H and O–H groups in total. The molecule has 0 nitrogen and oxygen atoms in total. The summed E-state index contributed by atoms with van der Waals surface area (Å²) in [4.78, 5) is 0. The average Bonchev–Trinajstić information content (AvgIpc) is 2.93. The van der Waals surface area contributed by atoms with E-state index >= 15 is 0 Å². The molecule has 3 aromatic carbocycles. The molecular weight excluding hydrogens is 498 g/mol. The second kappa shape index (κ2) is 18.6. The Labute approximate surface area is 232 Å². The number of halogens is 2. The summed E-state index contributed by atoms with van der Waals surface area (Å²) in [5.74, 6) is 0.821. The van der Waals surface area contributed by atoms with E-state index in [-0.39, 0.29) is 12.4 Å². The van der Waals surface area contributed by atoms with Crippen molar-refractivity contribution < 1.29 is 12.4 Å². The van der Waals surface area contributed by atoms with Gasteiger partial charge in [-0.25, -0.2) is 0 Å². The molecule has 194 valence electrons. The van der Waals surface area contributed by atoms with E-state index in [0.29, 0.717) is 0 Å². The van der Waals surface area contributed by atoms with Crippen LogP contribution in [0, 0.1) is 0 Å². The van der Waals surface area contributed by atoms with Gasteiger partial charge in [0.05, 0.1) is 6.16 Å². The van der Waals surface area contributed by atoms with E-state index in [2.05, 4.69) is 103 Å². The summed E-state index contributed by atoms with van der Waals surface area (Å²) in [5, 5.41) is 4.39. The normalized spacial score (nSPS) is 11.5. The first-order valence-corrected chi connectivity index (χ1v) is 16.1. The van der Waals surface area contributed by atoms with Crippen LogP contribution >= 0.6 is 18.9 Å². The maximum Gasteiger partial charge on any atom is 0.115 e. The van der Waals surface area contributed by atoms with Crippen LogP contribution in [0.25, 0.3) is 0 Å². The van der Waals surface area contributed by atoms with Gasteiger partial charge in [-0.1, -0.05) is 118 Å². The van der Waals surface area contributed by atoms with Crippen LogP contribution < -0.4 is 28.3 Å². The Kier molecular flexibility index (Phi) is 15.8. The monoisotopic (exact) mass is 540 g/mol. The third kappa shape index (κ3) is 9.70. The summed E-state index contributed by atoms with van der Waals surface area (Å²) in [6, 6.07) is 33.6. The van der Waals surface area contributed by atoms with Crippen LogP contribution in [0.15, 0.2) is 103 Å². The molecule has 0 aliphatic carbocycles. The zero-order valence-corrected chi connectivity index (χ0v) is 24.1. The predicted molar refractivity (Wildman–Crippen MR) is 161 cm³/mol. The van der Waals surface area contributed by atoms with Gasteiger partial charge in [0.1, 0.15) is 23.2 Å². The summed E-state index contributed by atoms with van der Waals surface area (Å²) < 4.78 is 0. The zero-order valence-electron chi connectivity index (χ0n) is 21.7. The van der Waals surface area contributed by atoms with Crippen molar-refractivity contribution in [3.05, 3.63) is 103 Å². The molecule has 0 fully saturated rings. The summed E-state index contributed by atoms with van der Waals surface area (Å²) in [5.41, 5.74) is 0. The van der Waals surface area contributed by atoms with Gasteiger partial charge in [-0.3, -0.25) is 0 Å². The van der Waals surface area contributed by atoms with Crippen LogP contribution in [-0.2, 0) is 0 Å². The number of benzene rings is 3. The summed E-state index contributed by atoms with van der Waals surface area (Å²) in [7, 11) is -1.73. The summed E-state index contributed by atoms with van der Waals surface area (Å²) >= 11 is 5.75. The first-order chi connectivity index (χ1) is 17.4. The van der Waals surface area contributed by atoms with Gasteiger partial charge in [0.15, 0.2) is 0 Å². The first-order valence-electron chi connectivity index (χ1n) is 13.6. The van der Waals surface area contributed by atoms with Crippen molar-refractivity contribution in [1.29, 1.82) is 0 Å². The molecular formula is C33H43Cl2P. The number of hydrogen-bond acceptors (Lipinski definition) is 0. The van der Waals surface area contributed by atoms with E-state index in [1.807, 2.05) is 0 Å². The second-order valence-corrected chi connectivity index (χ2v) is 13.4. The topological polar surface area (TPSA) is 0 Å². The lowest BCUT2D eigenvalue weighted by Gasteiger charge is -2.26. The highest BCUT2D eigenvalue weighted by molar-refractivity contribution is 7.95. The fourth-order valence-electron chi connectivity index (χ4n) is 4.93. The highest BCUT2D eigenvalue weighted by atomic mass is 35.5. The van der Waals surface area contributed by atoms with E-state index in [9.17, 15) is 0 Å². The molecule has 0 spiro atoms. The van der Waals surface area contributed by atoms with E-state index in [4.69, 9.17) is 11.6 Å². The Morgan fingerprint density at radius 3 is 1.22 bits per heavy atom. The van der Waals surface area contributed by atoms with E-state index in [1.165, 1.54) is 86.5 Å². The van der Waals surface area contributed by atoms with Gasteiger partial charge in [0.2, 0.25) is 0 Å². The Morgan fingerprint density at radius 1 is 0.472 bits per heavy atom. The molecule has 3 aromatic rings. The maximum absolute atomic E-state index is 5.75. The minimum Gasteiger partial charge on any atom is -1.00 e. The average molecular weight is 542 g/mol. The number of unbranched alkanes of at least 4 members (excludes halogenated alkanes) is 10. The smallest absolute Gasteiger partial charge is 0.115 e. The molecule has 0 saturated carbocycles. The van der Waals surface area contributed by atoms with Gasteiger partial charge in [-0.15, -0.1) is 11.6 Å². The van der Waals surface area contributed by atoms with Crippen LogP contribution in [0.2, 0.25) is 0 Å². The molecule has 0 amide bonds. The molecule has 3 rings (SSSR count). The predicted octanol–water partition coefficient (Wildman–Crippen LogP) is 6.07. The van der Waals surface area contributed by atoms with Crippen molar-refractivity contribution in [1.82, 2.24) is 0 Å². The van der Waals surface area contributed by atoms with Crippen LogP contribution in [0.1, 0.15) is 70.6 Å². The van der Waals surface area contributed by atoms with Gasteiger partial charge >= 0.3 is 0 Å². The van der Waals surface area contributed by atoms with Gasteiger partial charge < -0.3 is 12.4 Å². The van der Waals surface area contributed by atoms with Crippen molar-refractivity contribution in [2.24, 2.45) is 0 Å². The molecule has 0 bridgehead atoms. The molecule has 0 heterocycles. The van der Waals surface area contributed by atoms with Crippen LogP contribution in [0.5, 0.6) is 0 Å². The van der Waals surface area contributed by atoms with E-state index < -0.39 is 7.26 Å². The summed E-state index contributed by atoms with van der Waals surface area (Å²) in [6.07, 6.45) is 20.6. The molecule has 0 aliphatic heterocycles. The van der Waals surface area contributed by atoms with Crippen molar-refractivity contribution in [2.45, 2.75) is 70.6 Å². The second-order valence-electron chi connectivity index (χ2n) is 9.48. The standard InChI is InChI=1S/C33H43ClP.ClH/c34-29-21-10-8-6-4-2-1-3-5-7-9-11-22-30-35(31-23-15-12-16-24-31,32-25-17-13-18-26-32)33-27-19-14-20-28-33;/h11-20,22-28H,1-10,21,29-30H2;1H/q+1;/p-1. The SMILES string of the molecule is ClCCCCCCCCCCCCC=CC[P+](c1ccccc1)(c1ccccc1)c1ccccc1.[Cl-]. The number of alkyl halides is 1. The summed E-state index contributed by atoms with van der Waals surface area (Å²) in [6.45, 7) is 0. The van der Waals surface area contributed by atoms with Crippen molar-refractivity contribution >= 4 is 34.8 Å².